The lowest BCUT2D eigenvalue weighted by atomic mass is 9.95. The van der Waals surface area contributed by atoms with Crippen molar-refractivity contribution in [1.82, 2.24) is 25.2 Å². The molecule has 3 aliphatic rings. The van der Waals surface area contributed by atoms with Crippen LogP contribution in [0.2, 0.25) is 0 Å². The van der Waals surface area contributed by atoms with Crippen LogP contribution in [0.15, 0.2) is 48.5 Å². The van der Waals surface area contributed by atoms with Crippen molar-refractivity contribution in [3.8, 4) is 0 Å². The van der Waals surface area contributed by atoms with Crippen LogP contribution >= 0.6 is 0 Å². The van der Waals surface area contributed by atoms with Gasteiger partial charge >= 0.3 is 6.03 Å². The Morgan fingerprint density at radius 1 is 1.04 bits per heavy atom. The second-order valence-corrected chi connectivity index (χ2v) is 7.89. The van der Waals surface area contributed by atoms with Gasteiger partial charge in [-0.3, -0.25) is 4.90 Å². The zero-order chi connectivity index (χ0) is 18.9. The second kappa shape index (κ2) is 7.24. The van der Waals surface area contributed by atoms with E-state index in [1.807, 2.05) is 23.1 Å². The summed E-state index contributed by atoms with van der Waals surface area (Å²) in [5.41, 5.74) is 3.64. The lowest BCUT2D eigenvalue weighted by Gasteiger charge is -2.36. The summed E-state index contributed by atoms with van der Waals surface area (Å²) in [6, 6.07) is 16.4. The number of H-pyrrole nitrogens is 1. The number of rotatable bonds is 3. The van der Waals surface area contributed by atoms with Crippen LogP contribution in [0, 0.1) is 5.92 Å². The van der Waals surface area contributed by atoms with Gasteiger partial charge in [-0.2, -0.15) is 15.4 Å². The third-order valence-corrected chi connectivity index (χ3v) is 5.87. The number of piperidine rings is 1. The molecule has 2 bridgehead atoms. The number of urea groups is 1. The molecule has 28 heavy (non-hydrogen) atoms. The summed E-state index contributed by atoms with van der Waals surface area (Å²) < 4.78 is 0. The number of fused-ring (bicyclic) bond motifs is 5. The monoisotopic (exact) mass is 376 g/mol. The molecule has 2 atom stereocenters. The predicted molar refractivity (Wildman–Crippen MR) is 108 cm³/mol. The molecule has 6 rings (SSSR count). The molecule has 1 aromatic heterocycles. The molecule has 3 aliphatic heterocycles. The molecule has 4 heterocycles. The third-order valence-electron chi connectivity index (χ3n) is 5.87. The normalized spacial score (nSPS) is 22.4. The Bertz CT molecular complexity index is 971. The number of amides is 2. The van der Waals surface area contributed by atoms with E-state index in [0.29, 0.717) is 5.92 Å². The highest BCUT2D eigenvalue weighted by atomic mass is 16.2. The van der Waals surface area contributed by atoms with Crippen LogP contribution in [-0.2, 0) is 6.54 Å². The quantitative estimate of drug-likeness (QED) is 0.736. The van der Waals surface area contributed by atoms with E-state index in [9.17, 15) is 4.79 Å². The molecule has 0 saturated carbocycles. The van der Waals surface area contributed by atoms with E-state index in [-0.39, 0.29) is 12.1 Å². The van der Waals surface area contributed by atoms with Crippen molar-refractivity contribution >= 4 is 22.8 Å². The minimum Gasteiger partial charge on any atom is -0.320 e. The van der Waals surface area contributed by atoms with Crippen molar-refractivity contribution in [3.05, 3.63) is 54.1 Å². The van der Waals surface area contributed by atoms with Crippen molar-refractivity contribution in [2.24, 2.45) is 5.92 Å². The van der Waals surface area contributed by atoms with E-state index in [4.69, 9.17) is 0 Å². The van der Waals surface area contributed by atoms with Gasteiger partial charge in [0.15, 0.2) is 0 Å². The van der Waals surface area contributed by atoms with Gasteiger partial charge in [-0.15, -0.1) is 0 Å². The van der Waals surface area contributed by atoms with Crippen LogP contribution in [0.25, 0.3) is 11.0 Å². The number of carbonyl (C=O) groups excluding carboxylic acids is 1. The summed E-state index contributed by atoms with van der Waals surface area (Å²) in [6.45, 7) is 3.77. The minimum absolute atomic E-state index is 0.0147. The molecule has 0 radical (unpaired) electrons. The number of hydrogen-bond acceptors (Lipinski definition) is 4. The lowest BCUT2D eigenvalue weighted by Crippen LogP contribution is -2.49. The minimum atomic E-state index is -0.0147. The van der Waals surface area contributed by atoms with Gasteiger partial charge in [-0.05, 0) is 42.5 Å². The molecule has 3 aromatic rings. The first-order chi connectivity index (χ1) is 13.7. The third kappa shape index (κ3) is 3.45. The van der Waals surface area contributed by atoms with Gasteiger partial charge < -0.3 is 10.2 Å². The van der Waals surface area contributed by atoms with Crippen molar-refractivity contribution in [2.45, 2.75) is 25.4 Å². The van der Waals surface area contributed by atoms with Gasteiger partial charge in [0.25, 0.3) is 0 Å². The fraction of sp³-hybridized carbons (Fsp3) is 0.381. The lowest BCUT2D eigenvalue weighted by molar-refractivity contribution is 0.151. The number of hydrogen-bond donors (Lipinski definition) is 2. The number of nitrogens with zero attached hydrogens (tertiary/aromatic N) is 4. The van der Waals surface area contributed by atoms with E-state index in [0.717, 1.165) is 49.3 Å². The molecule has 2 aromatic carbocycles. The van der Waals surface area contributed by atoms with Crippen LogP contribution < -0.4 is 5.32 Å². The SMILES string of the molecule is O=C(Nc1ccc2n[nH]nc2c1)N1C[C@@H]2CC[C@H]1CN(Cc1ccccc1)C2. The van der Waals surface area contributed by atoms with Crippen molar-refractivity contribution in [2.75, 3.05) is 25.0 Å². The fourth-order valence-electron chi connectivity index (χ4n) is 4.51. The maximum atomic E-state index is 13.0. The van der Waals surface area contributed by atoms with Gasteiger partial charge in [0.1, 0.15) is 11.0 Å². The van der Waals surface area contributed by atoms with Gasteiger partial charge in [0, 0.05) is 37.9 Å². The van der Waals surface area contributed by atoms with E-state index >= 15 is 0 Å². The fourth-order valence-corrected chi connectivity index (χ4v) is 4.51. The highest BCUT2D eigenvalue weighted by molar-refractivity contribution is 5.92. The largest absolute Gasteiger partial charge is 0.322 e. The van der Waals surface area contributed by atoms with E-state index in [2.05, 4.69) is 56.0 Å². The number of carbonyl (C=O) groups is 1. The predicted octanol–water partition coefficient (Wildman–Crippen LogP) is 3.09. The molecular weight excluding hydrogens is 352 g/mol. The Morgan fingerprint density at radius 2 is 1.89 bits per heavy atom. The molecule has 144 valence electrons. The zero-order valence-corrected chi connectivity index (χ0v) is 15.7. The number of aromatic nitrogens is 3. The summed E-state index contributed by atoms with van der Waals surface area (Å²) in [7, 11) is 0. The molecule has 2 N–H and O–H groups in total. The Morgan fingerprint density at radius 3 is 2.79 bits per heavy atom. The van der Waals surface area contributed by atoms with Crippen LogP contribution in [0.5, 0.6) is 0 Å². The first-order valence-corrected chi connectivity index (χ1v) is 9.89. The number of anilines is 1. The molecule has 0 spiro atoms. The van der Waals surface area contributed by atoms with E-state index in [1.54, 1.807) is 0 Å². The molecule has 3 fully saturated rings. The topological polar surface area (TPSA) is 77.1 Å². The first-order valence-electron chi connectivity index (χ1n) is 9.89. The zero-order valence-electron chi connectivity index (χ0n) is 15.7. The maximum Gasteiger partial charge on any atom is 0.322 e. The van der Waals surface area contributed by atoms with E-state index < -0.39 is 0 Å². The Labute approximate surface area is 163 Å². The van der Waals surface area contributed by atoms with E-state index in [1.165, 1.54) is 12.0 Å². The number of nitrogens with one attached hydrogen (secondary N) is 2. The summed E-state index contributed by atoms with van der Waals surface area (Å²) in [4.78, 5) is 17.5. The Balaban J connectivity index is 1.28. The van der Waals surface area contributed by atoms with Crippen LogP contribution in [0.1, 0.15) is 18.4 Å². The van der Waals surface area contributed by atoms with Crippen LogP contribution in [0.4, 0.5) is 10.5 Å². The standard InChI is InChI=1S/C21H24N6O/c28-21(22-17-7-9-19-20(10-17)24-25-23-19)27-13-16-6-8-18(27)14-26(12-16)11-15-4-2-1-3-5-15/h1-5,7,9-10,16,18H,6,8,11-14H2,(H,22,28)(H,23,24,25)/t16-,18+/m1/s1. The molecule has 7 nitrogen and oxygen atoms in total. The molecule has 3 saturated heterocycles. The molecule has 0 unspecified atom stereocenters. The summed E-state index contributed by atoms with van der Waals surface area (Å²) in [6.07, 6.45) is 2.27. The molecule has 0 aliphatic carbocycles. The highest BCUT2D eigenvalue weighted by Gasteiger charge is 2.37. The van der Waals surface area contributed by atoms with Crippen LogP contribution in [0.3, 0.4) is 0 Å². The van der Waals surface area contributed by atoms with Crippen molar-refractivity contribution in [3.63, 3.8) is 0 Å². The Hall–Kier alpha value is -2.93. The average Bonchev–Trinajstić information content (AvgIpc) is 3.00. The number of aromatic amines is 1. The van der Waals surface area contributed by atoms with Crippen molar-refractivity contribution < 1.29 is 4.79 Å². The molecular formula is C21H24N6O. The highest BCUT2D eigenvalue weighted by Crippen LogP contribution is 2.29. The van der Waals surface area contributed by atoms with Crippen LogP contribution in [-0.4, -0.2) is 56.9 Å². The molecule has 2 amide bonds. The summed E-state index contributed by atoms with van der Waals surface area (Å²) in [5.74, 6) is 0.534. The summed E-state index contributed by atoms with van der Waals surface area (Å²) in [5, 5.41) is 13.8. The van der Waals surface area contributed by atoms with Gasteiger partial charge in [-0.1, -0.05) is 30.3 Å². The molecule has 7 heteroatoms. The Kier molecular flexibility index (Phi) is 4.44. The van der Waals surface area contributed by atoms with Crippen molar-refractivity contribution in [1.29, 1.82) is 0 Å². The number of benzene rings is 2. The summed E-state index contributed by atoms with van der Waals surface area (Å²) >= 11 is 0. The van der Waals surface area contributed by atoms with Gasteiger partial charge in [-0.25, -0.2) is 4.79 Å². The maximum absolute atomic E-state index is 13.0. The second-order valence-electron chi connectivity index (χ2n) is 7.89. The van der Waals surface area contributed by atoms with Gasteiger partial charge in [0.05, 0.1) is 0 Å². The smallest absolute Gasteiger partial charge is 0.320 e. The average molecular weight is 376 g/mol. The van der Waals surface area contributed by atoms with Gasteiger partial charge in [0.2, 0.25) is 0 Å². The first kappa shape index (κ1) is 17.2.